The van der Waals surface area contributed by atoms with Crippen molar-refractivity contribution >= 4 is 6.29 Å². The van der Waals surface area contributed by atoms with Gasteiger partial charge in [-0.1, -0.05) is 18.2 Å². The first-order chi connectivity index (χ1) is 7.70. The molecule has 2 nitrogen and oxygen atoms in total. The molecular formula is C14H13NO. The third-order valence-electron chi connectivity index (χ3n) is 2.65. The highest BCUT2D eigenvalue weighted by Gasteiger charge is 2.01. The molecule has 0 aliphatic carbocycles. The van der Waals surface area contributed by atoms with Gasteiger partial charge in [-0.3, -0.25) is 9.78 Å². The standard InChI is InChI=1S/C14H13NO/c1-10-3-5-12(7-14(10)9-16)13-6-4-11(2)15-8-13/h3-9H,1-2H3. The number of carbonyl (C=O) groups is 1. The third-order valence-corrected chi connectivity index (χ3v) is 2.65. The fraction of sp³-hybridized carbons (Fsp3) is 0.143. The first-order valence-electron chi connectivity index (χ1n) is 5.19. The lowest BCUT2D eigenvalue weighted by Crippen LogP contribution is -1.88. The predicted octanol–water partition coefficient (Wildman–Crippen LogP) is 3.18. The summed E-state index contributed by atoms with van der Waals surface area (Å²) in [5, 5.41) is 0. The van der Waals surface area contributed by atoms with Crippen molar-refractivity contribution in [3.05, 3.63) is 53.3 Å². The maximum absolute atomic E-state index is 10.8. The predicted molar refractivity (Wildman–Crippen MR) is 64.5 cm³/mol. The van der Waals surface area contributed by atoms with Gasteiger partial charge in [0.25, 0.3) is 0 Å². The molecule has 0 radical (unpaired) electrons. The number of aldehydes is 1. The van der Waals surface area contributed by atoms with Gasteiger partial charge in [0, 0.05) is 23.0 Å². The molecule has 1 aromatic heterocycles. The van der Waals surface area contributed by atoms with Gasteiger partial charge in [0.05, 0.1) is 0 Å². The molecule has 0 saturated carbocycles. The van der Waals surface area contributed by atoms with E-state index in [9.17, 15) is 4.79 Å². The van der Waals surface area contributed by atoms with Crippen LogP contribution >= 0.6 is 0 Å². The second-order valence-electron chi connectivity index (χ2n) is 3.88. The van der Waals surface area contributed by atoms with Gasteiger partial charge in [-0.15, -0.1) is 0 Å². The van der Waals surface area contributed by atoms with Crippen LogP contribution in [-0.2, 0) is 0 Å². The van der Waals surface area contributed by atoms with E-state index in [0.717, 1.165) is 34.2 Å². The van der Waals surface area contributed by atoms with Gasteiger partial charge in [-0.05, 0) is 37.1 Å². The van der Waals surface area contributed by atoms with Crippen LogP contribution in [-0.4, -0.2) is 11.3 Å². The zero-order chi connectivity index (χ0) is 11.5. The van der Waals surface area contributed by atoms with Crippen LogP contribution in [0.1, 0.15) is 21.6 Å². The van der Waals surface area contributed by atoms with E-state index in [-0.39, 0.29) is 0 Å². The zero-order valence-electron chi connectivity index (χ0n) is 9.40. The monoisotopic (exact) mass is 211 g/mol. The largest absolute Gasteiger partial charge is 0.298 e. The molecule has 0 saturated heterocycles. The molecule has 1 heterocycles. The Kier molecular flexibility index (Phi) is 2.82. The third kappa shape index (κ3) is 2.01. The summed E-state index contributed by atoms with van der Waals surface area (Å²) in [5.41, 5.74) is 4.79. The lowest BCUT2D eigenvalue weighted by molar-refractivity contribution is 0.112. The van der Waals surface area contributed by atoms with Crippen molar-refractivity contribution < 1.29 is 4.79 Å². The fourth-order valence-corrected chi connectivity index (χ4v) is 1.59. The van der Waals surface area contributed by atoms with Crippen LogP contribution in [0, 0.1) is 13.8 Å². The summed E-state index contributed by atoms with van der Waals surface area (Å²) < 4.78 is 0. The molecule has 0 unspecified atom stereocenters. The minimum Gasteiger partial charge on any atom is -0.298 e. The molecule has 0 fully saturated rings. The summed E-state index contributed by atoms with van der Waals surface area (Å²) in [6.07, 6.45) is 2.72. The number of benzene rings is 1. The summed E-state index contributed by atoms with van der Waals surface area (Å²) in [6, 6.07) is 9.85. The molecule has 0 bridgehead atoms. The average molecular weight is 211 g/mol. The van der Waals surface area contributed by atoms with Gasteiger partial charge in [-0.25, -0.2) is 0 Å². The van der Waals surface area contributed by atoms with E-state index in [4.69, 9.17) is 0 Å². The lowest BCUT2D eigenvalue weighted by atomic mass is 10.0. The van der Waals surface area contributed by atoms with Crippen molar-refractivity contribution in [2.45, 2.75) is 13.8 Å². The molecule has 2 aromatic rings. The van der Waals surface area contributed by atoms with E-state index in [1.165, 1.54) is 0 Å². The van der Waals surface area contributed by atoms with Crippen molar-refractivity contribution in [2.75, 3.05) is 0 Å². The van der Waals surface area contributed by atoms with Crippen molar-refractivity contribution in [2.24, 2.45) is 0 Å². The summed E-state index contributed by atoms with van der Waals surface area (Å²) in [7, 11) is 0. The SMILES string of the molecule is Cc1ccc(-c2ccc(C)c(C=O)c2)cn1. The number of aryl methyl sites for hydroxylation is 2. The lowest BCUT2D eigenvalue weighted by Gasteiger charge is -2.04. The van der Waals surface area contributed by atoms with Gasteiger partial charge < -0.3 is 0 Å². The van der Waals surface area contributed by atoms with Crippen molar-refractivity contribution in [3.8, 4) is 11.1 Å². The van der Waals surface area contributed by atoms with Crippen LogP contribution in [0.5, 0.6) is 0 Å². The van der Waals surface area contributed by atoms with Crippen LogP contribution in [0.3, 0.4) is 0 Å². The van der Waals surface area contributed by atoms with E-state index in [1.807, 2.05) is 50.4 Å². The van der Waals surface area contributed by atoms with Gasteiger partial charge in [-0.2, -0.15) is 0 Å². The molecule has 0 aliphatic heterocycles. The zero-order valence-corrected chi connectivity index (χ0v) is 9.40. The number of carbonyl (C=O) groups excluding carboxylic acids is 1. The highest BCUT2D eigenvalue weighted by atomic mass is 16.1. The van der Waals surface area contributed by atoms with Crippen LogP contribution in [0.4, 0.5) is 0 Å². The van der Waals surface area contributed by atoms with Crippen molar-refractivity contribution in [1.82, 2.24) is 4.98 Å². The van der Waals surface area contributed by atoms with E-state index in [2.05, 4.69) is 4.98 Å². The minimum atomic E-state index is 0.734. The average Bonchev–Trinajstić information content (AvgIpc) is 2.31. The van der Waals surface area contributed by atoms with Crippen LogP contribution < -0.4 is 0 Å². The van der Waals surface area contributed by atoms with E-state index < -0.39 is 0 Å². The van der Waals surface area contributed by atoms with Crippen molar-refractivity contribution in [3.63, 3.8) is 0 Å². The smallest absolute Gasteiger partial charge is 0.150 e. The van der Waals surface area contributed by atoms with Crippen LogP contribution in [0.25, 0.3) is 11.1 Å². The Balaban J connectivity index is 2.48. The number of rotatable bonds is 2. The summed E-state index contributed by atoms with van der Waals surface area (Å²) >= 11 is 0. The maximum atomic E-state index is 10.8. The molecule has 0 amide bonds. The number of pyridine rings is 1. The molecule has 2 rings (SSSR count). The second-order valence-corrected chi connectivity index (χ2v) is 3.88. The van der Waals surface area contributed by atoms with Crippen LogP contribution in [0.2, 0.25) is 0 Å². The minimum absolute atomic E-state index is 0.734. The van der Waals surface area contributed by atoms with E-state index >= 15 is 0 Å². The first kappa shape index (κ1) is 10.6. The number of aromatic nitrogens is 1. The number of hydrogen-bond acceptors (Lipinski definition) is 2. The molecule has 0 N–H and O–H groups in total. The molecule has 1 aromatic carbocycles. The molecule has 16 heavy (non-hydrogen) atoms. The summed E-state index contributed by atoms with van der Waals surface area (Å²) in [6.45, 7) is 3.89. The maximum Gasteiger partial charge on any atom is 0.150 e. The molecule has 0 aliphatic rings. The Labute approximate surface area is 95.0 Å². The van der Waals surface area contributed by atoms with E-state index in [0.29, 0.717) is 0 Å². The molecular weight excluding hydrogens is 198 g/mol. The van der Waals surface area contributed by atoms with Gasteiger partial charge >= 0.3 is 0 Å². The first-order valence-corrected chi connectivity index (χ1v) is 5.19. The Morgan fingerprint density at radius 2 is 1.81 bits per heavy atom. The quantitative estimate of drug-likeness (QED) is 0.714. The Hall–Kier alpha value is -1.96. The highest BCUT2D eigenvalue weighted by molar-refractivity contribution is 5.80. The molecule has 0 spiro atoms. The van der Waals surface area contributed by atoms with Crippen molar-refractivity contribution in [1.29, 1.82) is 0 Å². The van der Waals surface area contributed by atoms with Gasteiger partial charge in [0.1, 0.15) is 6.29 Å². The van der Waals surface area contributed by atoms with Gasteiger partial charge in [0.2, 0.25) is 0 Å². The van der Waals surface area contributed by atoms with Crippen LogP contribution in [0.15, 0.2) is 36.5 Å². The normalized spacial score (nSPS) is 10.1. The molecule has 0 atom stereocenters. The van der Waals surface area contributed by atoms with Gasteiger partial charge in [0.15, 0.2) is 0 Å². The Morgan fingerprint density at radius 3 is 2.44 bits per heavy atom. The number of nitrogens with zero attached hydrogens (tertiary/aromatic N) is 1. The fourth-order valence-electron chi connectivity index (χ4n) is 1.59. The molecule has 80 valence electrons. The summed E-state index contributed by atoms with van der Waals surface area (Å²) in [5.74, 6) is 0. The Morgan fingerprint density at radius 1 is 1.06 bits per heavy atom. The molecule has 2 heteroatoms. The number of hydrogen-bond donors (Lipinski definition) is 0. The van der Waals surface area contributed by atoms with E-state index in [1.54, 1.807) is 0 Å². The second kappa shape index (κ2) is 4.27. The highest BCUT2D eigenvalue weighted by Crippen LogP contribution is 2.21. The topological polar surface area (TPSA) is 30.0 Å². The Bertz CT molecular complexity index is 515. The summed E-state index contributed by atoms with van der Waals surface area (Å²) in [4.78, 5) is 15.1.